The lowest BCUT2D eigenvalue weighted by Crippen LogP contribution is -2.33. The zero-order valence-corrected chi connectivity index (χ0v) is 22.0. The summed E-state index contributed by atoms with van der Waals surface area (Å²) >= 11 is 0. The van der Waals surface area contributed by atoms with Crippen LogP contribution < -0.4 is 16.0 Å². The maximum absolute atomic E-state index is 13.0. The van der Waals surface area contributed by atoms with E-state index < -0.39 is 6.04 Å². The Morgan fingerprint density at radius 3 is 2.56 bits per heavy atom. The summed E-state index contributed by atoms with van der Waals surface area (Å²) in [7, 11) is 0. The van der Waals surface area contributed by atoms with E-state index in [1.54, 1.807) is 6.07 Å². The second kappa shape index (κ2) is 12.0. The molecule has 0 aliphatic carbocycles. The number of hydrogen-bond acceptors (Lipinski definition) is 4. The lowest BCUT2D eigenvalue weighted by Gasteiger charge is -2.13. The van der Waals surface area contributed by atoms with Crippen LogP contribution in [-0.2, 0) is 35.4 Å². The predicted octanol–water partition coefficient (Wildman–Crippen LogP) is 4.16. The third-order valence-corrected chi connectivity index (χ3v) is 6.99. The average molecular weight is 524 g/mol. The first-order valence-corrected chi connectivity index (χ1v) is 13.3. The van der Waals surface area contributed by atoms with Crippen molar-refractivity contribution in [3.05, 3.63) is 101 Å². The number of hydrogen-bond donors (Lipinski definition) is 4. The summed E-state index contributed by atoms with van der Waals surface area (Å²) in [4.78, 5) is 41.7. The maximum Gasteiger partial charge on any atom is 0.324 e. The van der Waals surface area contributed by atoms with E-state index in [1.165, 1.54) is 28.3 Å². The molecule has 0 bridgehead atoms. The molecule has 1 unspecified atom stereocenters. The van der Waals surface area contributed by atoms with Gasteiger partial charge in [-0.3, -0.25) is 14.5 Å². The number of anilines is 1. The van der Waals surface area contributed by atoms with E-state index in [2.05, 4.69) is 51.4 Å². The number of aromatic amines is 1. The molecular formula is C31H33N5O3. The maximum atomic E-state index is 13.0. The smallest absolute Gasteiger partial charge is 0.324 e. The average Bonchev–Trinajstić information content (AvgIpc) is 3.45. The molecule has 5 rings (SSSR count). The zero-order chi connectivity index (χ0) is 27.2. The van der Waals surface area contributed by atoms with Crippen LogP contribution in [0.5, 0.6) is 0 Å². The fourth-order valence-corrected chi connectivity index (χ4v) is 5.02. The third kappa shape index (κ3) is 6.53. The van der Waals surface area contributed by atoms with E-state index in [0.29, 0.717) is 25.1 Å². The second-order valence-corrected chi connectivity index (χ2v) is 9.93. The summed E-state index contributed by atoms with van der Waals surface area (Å²) in [5, 5.41) is 10.2. The lowest BCUT2D eigenvalue weighted by molar-refractivity contribution is -0.127. The molecule has 8 nitrogen and oxygen atoms in total. The van der Waals surface area contributed by atoms with Crippen LogP contribution in [-0.4, -0.2) is 46.9 Å². The number of H-pyrrole nitrogens is 1. The molecule has 1 aromatic heterocycles. The van der Waals surface area contributed by atoms with E-state index in [0.717, 1.165) is 36.2 Å². The highest BCUT2D eigenvalue weighted by atomic mass is 16.2. The van der Waals surface area contributed by atoms with Gasteiger partial charge in [0.2, 0.25) is 5.91 Å². The molecule has 4 aromatic rings. The molecule has 0 saturated carbocycles. The molecule has 0 radical (unpaired) electrons. The van der Waals surface area contributed by atoms with Gasteiger partial charge in [-0.25, -0.2) is 4.79 Å². The first-order chi connectivity index (χ1) is 19.0. The lowest BCUT2D eigenvalue weighted by atomic mass is 10.0. The van der Waals surface area contributed by atoms with Gasteiger partial charge in [0.15, 0.2) is 0 Å². The molecule has 2 heterocycles. The molecule has 1 fully saturated rings. The molecule has 0 spiro atoms. The summed E-state index contributed by atoms with van der Waals surface area (Å²) in [5.41, 5.74) is 6.19. The number of amides is 4. The molecule has 4 amide bonds. The van der Waals surface area contributed by atoms with Gasteiger partial charge in [-0.15, -0.1) is 0 Å². The van der Waals surface area contributed by atoms with Crippen molar-refractivity contribution in [1.82, 2.24) is 20.5 Å². The monoisotopic (exact) mass is 523 g/mol. The van der Waals surface area contributed by atoms with Gasteiger partial charge in [0, 0.05) is 49.2 Å². The first kappa shape index (κ1) is 26.2. The van der Waals surface area contributed by atoms with E-state index >= 15 is 0 Å². The molecular weight excluding hydrogens is 490 g/mol. The predicted molar refractivity (Wildman–Crippen MR) is 152 cm³/mol. The number of urea groups is 1. The molecule has 1 atom stereocenters. The number of carbonyl (C=O) groups is 3. The van der Waals surface area contributed by atoms with Crippen molar-refractivity contribution in [1.29, 1.82) is 0 Å². The van der Waals surface area contributed by atoms with Gasteiger partial charge in [0.1, 0.15) is 6.04 Å². The van der Waals surface area contributed by atoms with E-state index in [-0.39, 0.29) is 17.8 Å². The topological polar surface area (TPSA) is 106 Å². The highest BCUT2D eigenvalue weighted by Crippen LogP contribution is 2.22. The van der Waals surface area contributed by atoms with Crippen LogP contribution in [0.1, 0.15) is 29.2 Å². The van der Waals surface area contributed by atoms with Gasteiger partial charge in [-0.2, -0.15) is 0 Å². The Hall–Kier alpha value is -4.43. The summed E-state index contributed by atoms with van der Waals surface area (Å²) in [6.07, 6.45) is 3.90. The van der Waals surface area contributed by atoms with Crippen molar-refractivity contribution < 1.29 is 14.4 Å². The Kier molecular flexibility index (Phi) is 8.03. The highest BCUT2D eigenvalue weighted by molar-refractivity contribution is 6.04. The van der Waals surface area contributed by atoms with E-state index in [9.17, 15) is 14.4 Å². The summed E-state index contributed by atoms with van der Waals surface area (Å²) in [5.74, 6) is -0.383. The zero-order valence-electron chi connectivity index (χ0n) is 22.0. The Morgan fingerprint density at radius 1 is 0.923 bits per heavy atom. The van der Waals surface area contributed by atoms with Crippen LogP contribution in [0.2, 0.25) is 0 Å². The minimum absolute atomic E-state index is 0.159. The summed E-state index contributed by atoms with van der Waals surface area (Å²) in [6.45, 7) is 3.47. The number of imide groups is 1. The van der Waals surface area contributed by atoms with Gasteiger partial charge in [-0.1, -0.05) is 48.5 Å². The second-order valence-electron chi connectivity index (χ2n) is 9.93. The quantitative estimate of drug-likeness (QED) is 0.175. The standard InChI is InChI=1S/C31H33N5O3/c1-21(37)34-26-9-5-8-24(16-26)18-29-30(38)36(31(39)35-29)15-13-22-10-11-28-27(17-22)25(20-33-28)12-14-32-19-23-6-3-2-4-7-23/h2-11,16-17,20,29,32-33H,12-15,18-19H2,1H3,(H,34,37)(H,35,39). The number of fused-ring (bicyclic) bond motifs is 1. The van der Waals surface area contributed by atoms with Gasteiger partial charge < -0.3 is 20.9 Å². The van der Waals surface area contributed by atoms with Crippen molar-refractivity contribution in [3.63, 3.8) is 0 Å². The number of benzene rings is 3. The Labute approximate surface area is 227 Å². The van der Waals surface area contributed by atoms with Gasteiger partial charge in [-0.05, 0) is 65.9 Å². The number of nitrogens with zero attached hydrogens (tertiary/aromatic N) is 1. The van der Waals surface area contributed by atoms with Crippen molar-refractivity contribution in [2.45, 2.75) is 38.8 Å². The summed E-state index contributed by atoms with van der Waals surface area (Å²) in [6, 6.07) is 22.9. The minimum atomic E-state index is -0.618. The van der Waals surface area contributed by atoms with Crippen molar-refractivity contribution >= 4 is 34.4 Å². The van der Waals surface area contributed by atoms with Crippen LogP contribution in [0, 0.1) is 0 Å². The molecule has 8 heteroatoms. The van der Waals surface area contributed by atoms with Gasteiger partial charge >= 0.3 is 6.03 Å². The van der Waals surface area contributed by atoms with Gasteiger partial charge in [0.05, 0.1) is 0 Å². The number of carbonyl (C=O) groups excluding carboxylic acids is 3. The van der Waals surface area contributed by atoms with E-state index in [1.807, 2.05) is 42.5 Å². The Bertz CT molecular complexity index is 1480. The highest BCUT2D eigenvalue weighted by Gasteiger charge is 2.37. The minimum Gasteiger partial charge on any atom is -0.361 e. The van der Waals surface area contributed by atoms with E-state index in [4.69, 9.17) is 0 Å². The fraction of sp³-hybridized carbons (Fsp3) is 0.258. The molecule has 200 valence electrons. The molecule has 4 N–H and O–H groups in total. The van der Waals surface area contributed by atoms with Crippen molar-refractivity contribution in [2.24, 2.45) is 0 Å². The number of aromatic nitrogens is 1. The molecule has 1 saturated heterocycles. The number of rotatable bonds is 11. The molecule has 1 aliphatic heterocycles. The van der Waals surface area contributed by atoms with Crippen molar-refractivity contribution in [2.75, 3.05) is 18.4 Å². The molecule has 3 aromatic carbocycles. The Morgan fingerprint density at radius 2 is 1.74 bits per heavy atom. The van der Waals surface area contributed by atoms with Crippen LogP contribution in [0.4, 0.5) is 10.5 Å². The molecule has 39 heavy (non-hydrogen) atoms. The fourth-order valence-electron chi connectivity index (χ4n) is 5.02. The largest absolute Gasteiger partial charge is 0.361 e. The van der Waals surface area contributed by atoms with Crippen LogP contribution in [0.3, 0.4) is 0 Å². The molecule has 1 aliphatic rings. The number of nitrogens with one attached hydrogen (secondary N) is 4. The van der Waals surface area contributed by atoms with Crippen LogP contribution >= 0.6 is 0 Å². The summed E-state index contributed by atoms with van der Waals surface area (Å²) < 4.78 is 0. The van der Waals surface area contributed by atoms with Crippen LogP contribution in [0.15, 0.2) is 79.0 Å². The normalized spacial score (nSPS) is 15.1. The van der Waals surface area contributed by atoms with Gasteiger partial charge in [0.25, 0.3) is 5.91 Å². The van der Waals surface area contributed by atoms with Crippen LogP contribution in [0.25, 0.3) is 10.9 Å². The third-order valence-electron chi connectivity index (χ3n) is 6.99. The SMILES string of the molecule is CC(=O)Nc1cccc(CC2NC(=O)N(CCc3ccc4[nH]cc(CCNCc5ccccc5)c4c3)C2=O)c1. The van der Waals surface area contributed by atoms with Crippen molar-refractivity contribution in [3.8, 4) is 0 Å². The first-order valence-electron chi connectivity index (χ1n) is 13.3. The Balaban J connectivity index is 1.16.